The second-order valence-corrected chi connectivity index (χ2v) is 3.62. The van der Waals surface area contributed by atoms with Crippen LogP contribution in [0.2, 0.25) is 0 Å². The highest BCUT2D eigenvalue weighted by Crippen LogP contribution is 2.18. The van der Waals surface area contributed by atoms with Crippen LogP contribution in [0.25, 0.3) is 0 Å². The topological polar surface area (TPSA) is 75.4 Å². The van der Waals surface area contributed by atoms with Gasteiger partial charge >= 0.3 is 0 Å². The van der Waals surface area contributed by atoms with Gasteiger partial charge in [-0.05, 0) is 36.1 Å². The molecule has 1 aromatic carbocycles. The SMILES string of the molecule is CCc1ccc(OC)cc1CC.Cl.NS(=O)[O-]. The van der Waals surface area contributed by atoms with E-state index >= 15 is 0 Å². The maximum absolute atomic E-state index is 8.78. The number of hydrogen-bond donors (Lipinski definition) is 1. The summed E-state index contributed by atoms with van der Waals surface area (Å²) in [6.07, 6.45) is 2.19. The maximum atomic E-state index is 8.78. The summed E-state index contributed by atoms with van der Waals surface area (Å²) in [5.74, 6) is 0.962. The second kappa shape index (κ2) is 10.5. The minimum absolute atomic E-state index is 0. The van der Waals surface area contributed by atoms with Crippen molar-refractivity contribution in [2.45, 2.75) is 26.7 Å². The van der Waals surface area contributed by atoms with Gasteiger partial charge in [0.25, 0.3) is 0 Å². The van der Waals surface area contributed by atoms with Crippen LogP contribution in [0.3, 0.4) is 0 Å². The minimum Gasteiger partial charge on any atom is -0.760 e. The molecule has 1 atom stereocenters. The molecule has 1 rings (SSSR count). The van der Waals surface area contributed by atoms with Crippen molar-refractivity contribution in [3.63, 3.8) is 0 Å². The van der Waals surface area contributed by atoms with Crippen LogP contribution < -0.4 is 9.88 Å². The Labute approximate surface area is 111 Å². The Hall–Kier alpha value is -0.620. The van der Waals surface area contributed by atoms with E-state index in [1.54, 1.807) is 7.11 Å². The summed E-state index contributed by atoms with van der Waals surface area (Å²) >= 11 is -2.36. The Bertz CT molecular complexity index is 343. The molecule has 0 saturated heterocycles. The van der Waals surface area contributed by atoms with Crippen molar-refractivity contribution in [1.29, 1.82) is 0 Å². The van der Waals surface area contributed by atoms with E-state index < -0.39 is 11.3 Å². The van der Waals surface area contributed by atoms with Crippen LogP contribution in [0.15, 0.2) is 18.2 Å². The largest absolute Gasteiger partial charge is 0.760 e. The molecule has 0 aliphatic carbocycles. The van der Waals surface area contributed by atoms with Crippen molar-refractivity contribution < 1.29 is 13.5 Å². The smallest absolute Gasteiger partial charge is 0.119 e. The molecule has 0 amide bonds. The van der Waals surface area contributed by atoms with Crippen molar-refractivity contribution >= 4 is 23.7 Å². The van der Waals surface area contributed by atoms with Crippen molar-refractivity contribution in [3.05, 3.63) is 29.3 Å². The van der Waals surface area contributed by atoms with Gasteiger partial charge in [-0.25, -0.2) is 0 Å². The molecule has 0 heterocycles. The van der Waals surface area contributed by atoms with Crippen molar-refractivity contribution in [1.82, 2.24) is 0 Å². The molecule has 0 bridgehead atoms. The first kappa shape index (κ1) is 18.7. The monoisotopic (exact) mass is 280 g/mol. The average molecular weight is 281 g/mol. The van der Waals surface area contributed by atoms with Gasteiger partial charge in [0, 0.05) is 11.3 Å². The van der Waals surface area contributed by atoms with Crippen molar-refractivity contribution in [2.24, 2.45) is 5.14 Å². The third-order valence-corrected chi connectivity index (χ3v) is 2.18. The van der Waals surface area contributed by atoms with Gasteiger partial charge in [-0.2, -0.15) is 0 Å². The molecule has 0 aromatic heterocycles. The van der Waals surface area contributed by atoms with E-state index in [1.807, 2.05) is 6.07 Å². The molecule has 6 heteroatoms. The first-order valence-electron chi connectivity index (χ1n) is 5.04. The van der Waals surface area contributed by atoms with Crippen LogP contribution in [-0.4, -0.2) is 15.9 Å². The summed E-state index contributed by atoms with van der Waals surface area (Å²) < 4.78 is 22.7. The van der Waals surface area contributed by atoms with Crippen molar-refractivity contribution in [2.75, 3.05) is 7.11 Å². The molecule has 0 aliphatic heterocycles. The molecule has 0 aliphatic rings. The summed E-state index contributed by atoms with van der Waals surface area (Å²) in [6, 6.07) is 6.30. The van der Waals surface area contributed by atoms with Crippen LogP contribution in [0, 0.1) is 0 Å². The van der Waals surface area contributed by atoms with E-state index in [1.165, 1.54) is 11.1 Å². The number of hydrogen-bond acceptors (Lipinski definition) is 3. The Morgan fingerprint density at radius 2 is 1.76 bits per heavy atom. The van der Waals surface area contributed by atoms with Gasteiger partial charge in [-0.1, -0.05) is 19.9 Å². The third kappa shape index (κ3) is 8.15. The fourth-order valence-corrected chi connectivity index (χ4v) is 1.40. The van der Waals surface area contributed by atoms with Crippen LogP contribution >= 0.6 is 12.4 Å². The van der Waals surface area contributed by atoms with E-state index in [4.69, 9.17) is 13.5 Å². The molecule has 4 nitrogen and oxygen atoms in total. The van der Waals surface area contributed by atoms with Gasteiger partial charge in [0.1, 0.15) is 5.75 Å². The van der Waals surface area contributed by atoms with Gasteiger partial charge < -0.3 is 9.29 Å². The van der Waals surface area contributed by atoms with Gasteiger partial charge in [-0.3, -0.25) is 9.35 Å². The zero-order valence-electron chi connectivity index (χ0n) is 10.3. The molecule has 0 radical (unpaired) electrons. The molecular formula is C11H19ClNO3S-. The number of aryl methyl sites for hydroxylation is 2. The minimum atomic E-state index is -2.36. The standard InChI is InChI=1S/C11H16O.ClH.H3NO2S/c1-4-9-6-7-11(12-3)8-10(9)5-2;;1-4(2)3/h6-8H,4-5H2,1-3H3;1H;1H2,(H,2,3)/p-1. The summed E-state index contributed by atoms with van der Waals surface area (Å²) in [7, 11) is 1.71. The highest BCUT2D eigenvalue weighted by molar-refractivity contribution is 7.76. The lowest BCUT2D eigenvalue weighted by Gasteiger charge is -2.07. The number of methoxy groups -OCH3 is 1. The summed E-state index contributed by atoms with van der Waals surface area (Å²) in [6.45, 7) is 4.36. The van der Waals surface area contributed by atoms with E-state index in [9.17, 15) is 0 Å². The summed E-state index contributed by atoms with van der Waals surface area (Å²) in [4.78, 5) is 0. The molecule has 0 spiro atoms. The van der Waals surface area contributed by atoms with Crippen LogP contribution in [-0.2, 0) is 24.1 Å². The molecular weight excluding hydrogens is 262 g/mol. The van der Waals surface area contributed by atoms with Crippen LogP contribution in [0.5, 0.6) is 5.75 Å². The number of rotatable bonds is 3. The van der Waals surface area contributed by atoms with Crippen LogP contribution in [0.1, 0.15) is 25.0 Å². The number of benzene rings is 1. The highest BCUT2D eigenvalue weighted by atomic mass is 35.5. The predicted octanol–water partition coefficient (Wildman–Crippen LogP) is 1.98. The Balaban J connectivity index is 0. The molecule has 2 N–H and O–H groups in total. The zero-order chi connectivity index (χ0) is 12.6. The number of ether oxygens (including phenoxy) is 1. The maximum Gasteiger partial charge on any atom is 0.119 e. The first-order chi connectivity index (χ1) is 7.54. The molecule has 17 heavy (non-hydrogen) atoms. The molecule has 100 valence electrons. The lowest BCUT2D eigenvalue weighted by molar-refractivity contribution is 0.414. The van der Waals surface area contributed by atoms with E-state index in [0.29, 0.717) is 0 Å². The van der Waals surface area contributed by atoms with Crippen LogP contribution in [0.4, 0.5) is 0 Å². The number of nitrogens with two attached hydrogens (primary N) is 1. The predicted molar refractivity (Wildman–Crippen MR) is 72.1 cm³/mol. The third-order valence-electron chi connectivity index (χ3n) is 2.18. The fourth-order valence-electron chi connectivity index (χ4n) is 1.40. The molecule has 1 aromatic rings. The summed E-state index contributed by atoms with van der Waals surface area (Å²) in [5, 5.41) is 4.03. The lowest BCUT2D eigenvalue weighted by Crippen LogP contribution is -1.97. The summed E-state index contributed by atoms with van der Waals surface area (Å²) in [5.41, 5.74) is 2.83. The fraction of sp³-hybridized carbons (Fsp3) is 0.455. The normalized spacial score (nSPS) is 10.6. The number of halogens is 1. The van der Waals surface area contributed by atoms with Gasteiger partial charge in [-0.15, -0.1) is 12.4 Å². The van der Waals surface area contributed by atoms with Gasteiger partial charge in [0.15, 0.2) is 0 Å². The van der Waals surface area contributed by atoms with E-state index in [2.05, 4.69) is 31.1 Å². The van der Waals surface area contributed by atoms with Crippen molar-refractivity contribution in [3.8, 4) is 5.75 Å². The van der Waals surface area contributed by atoms with Gasteiger partial charge in [0.05, 0.1) is 7.11 Å². The average Bonchev–Trinajstić information content (AvgIpc) is 2.27. The molecule has 0 fully saturated rings. The zero-order valence-corrected chi connectivity index (χ0v) is 11.9. The Morgan fingerprint density at radius 3 is 2.12 bits per heavy atom. The van der Waals surface area contributed by atoms with E-state index in [-0.39, 0.29) is 12.4 Å². The first-order valence-corrected chi connectivity index (χ1v) is 6.18. The Morgan fingerprint density at radius 1 is 1.29 bits per heavy atom. The lowest BCUT2D eigenvalue weighted by atomic mass is 10.0. The highest BCUT2D eigenvalue weighted by Gasteiger charge is 1.99. The molecule has 1 unspecified atom stereocenters. The van der Waals surface area contributed by atoms with E-state index in [0.717, 1.165) is 18.6 Å². The second-order valence-electron chi connectivity index (χ2n) is 3.10. The molecule has 0 saturated carbocycles. The van der Waals surface area contributed by atoms with Gasteiger partial charge in [0.2, 0.25) is 0 Å². The quantitative estimate of drug-likeness (QED) is 0.860. The Kier molecular flexibility index (Phi) is 11.6.